The molecule has 2 nitrogen and oxygen atoms in total. The van der Waals surface area contributed by atoms with Crippen LogP contribution in [0.1, 0.15) is 170 Å². The first kappa shape index (κ1) is 31.3. The van der Waals surface area contributed by atoms with Crippen molar-refractivity contribution >= 4 is 0 Å². The van der Waals surface area contributed by atoms with Crippen LogP contribution in [0.4, 0.5) is 0 Å². The maximum absolute atomic E-state index is 6.39. The summed E-state index contributed by atoms with van der Waals surface area (Å²) in [5, 5.41) is 0. The van der Waals surface area contributed by atoms with Crippen LogP contribution in [-0.4, -0.2) is 0 Å². The highest BCUT2D eigenvalue weighted by Gasteiger charge is 2.47. The molecule has 0 aromatic carbocycles. The monoisotopic (exact) mass is 450 g/mol. The van der Waals surface area contributed by atoms with E-state index in [-0.39, 0.29) is 5.41 Å². The van der Waals surface area contributed by atoms with Crippen LogP contribution in [0.15, 0.2) is 11.4 Å². The first-order valence-electron chi connectivity index (χ1n) is 14.6. The zero-order valence-corrected chi connectivity index (χ0v) is 23.3. The minimum Gasteiger partial charge on any atom is -0.386 e. The zero-order chi connectivity index (χ0) is 24.3. The van der Waals surface area contributed by atoms with Gasteiger partial charge in [-0.05, 0) is 43.6 Å². The van der Waals surface area contributed by atoms with Crippen molar-refractivity contribution in [3.63, 3.8) is 0 Å². The van der Waals surface area contributed by atoms with Gasteiger partial charge >= 0.3 is 0 Å². The molecule has 0 aromatic heterocycles. The highest BCUT2D eigenvalue weighted by Crippen LogP contribution is 2.57. The number of allylic oxidation sites excluding steroid dienone is 1. The van der Waals surface area contributed by atoms with Crippen molar-refractivity contribution in [2.45, 2.75) is 170 Å². The Hall–Kier alpha value is -0.660. The van der Waals surface area contributed by atoms with Crippen molar-refractivity contribution in [1.82, 2.24) is 0 Å². The van der Waals surface area contributed by atoms with Gasteiger partial charge < -0.3 is 11.5 Å². The van der Waals surface area contributed by atoms with Crippen LogP contribution in [0.2, 0.25) is 0 Å². The number of nitrogens with two attached hydrogens (primary N) is 2. The van der Waals surface area contributed by atoms with E-state index in [1.165, 1.54) is 134 Å². The molecule has 0 aliphatic rings. The highest BCUT2D eigenvalue weighted by molar-refractivity contribution is 5.21. The van der Waals surface area contributed by atoms with Crippen molar-refractivity contribution in [3.05, 3.63) is 11.4 Å². The van der Waals surface area contributed by atoms with Gasteiger partial charge in [-0.15, -0.1) is 0 Å². The molecule has 0 amide bonds. The normalized spacial score (nSPS) is 12.3. The van der Waals surface area contributed by atoms with Gasteiger partial charge in [-0.1, -0.05) is 137 Å². The fourth-order valence-electron chi connectivity index (χ4n) is 6.03. The summed E-state index contributed by atoms with van der Waals surface area (Å²) in [6.45, 7) is 14.2. The maximum atomic E-state index is 6.39. The quantitative estimate of drug-likeness (QED) is 0.161. The molecular weight excluding hydrogens is 388 g/mol. The molecule has 0 aliphatic carbocycles. The highest BCUT2D eigenvalue weighted by atomic mass is 14.8. The number of hydrogen-bond donors (Lipinski definition) is 2. The van der Waals surface area contributed by atoms with Crippen molar-refractivity contribution < 1.29 is 0 Å². The first-order chi connectivity index (χ1) is 15.3. The van der Waals surface area contributed by atoms with E-state index in [9.17, 15) is 0 Å². The summed E-state index contributed by atoms with van der Waals surface area (Å²) in [7, 11) is 0. The summed E-state index contributed by atoms with van der Waals surface area (Å²) in [6.07, 6.45) is 26.5. The van der Waals surface area contributed by atoms with Crippen LogP contribution in [0.3, 0.4) is 0 Å². The standard InChI is InChI=1S/C30H62N2/c1-7-11-15-19-23-29(6,24-20-16-12-8-2)30(27(5)28(31)32,25-21-17-13-9-3)26-22-18-14-10-4/h7-26,31-32H2,1-6H3. The van der Waals surface area contributed by atoms with Gasteiger partial charge in [0.05, 0.1) is 5.82 Å². The Morgan fingerprint density at radius 2 is 0.812 bits per heavy atom. The molecule has 0 rings (SSSR count). The molecule has 0 radical (unpaired) electrons. The Morgan fingerprint density at radius 3 is 1.09 bits per heavy atom. The largest absolute Gasteiger partial charge is 0.386 e. The fourth-order valence-corrected chi connectivity index (χ4v) is 6.03. The minimum absolute atomic E-state index is 0.158. The molecule has 0 aliphatic heterocycles. The van der Waals surface area contributed by atoms with Crippen LogP contribution in [0, 0.1) is 10.8 Å². The third-order valence-corrected chi connectivity index (χ3v) is 8.38. The van der Waals surface area contributed by atoms with E-state index < -0.39 is 0 Å². The van der Waals surface area contributed by atoms with Crippen molar-refractivity contribution in [2.75, 3.05) is 0 Å². The lowest BCUT2D eigenvalue weighted by Gasteiger charge is -2.52. The molecule has 0 fully saturated rings. The Balaban J connectivity index is 6.02. The molecule has 0 bridgehead atoms. The average molecular weight is 451 g/mol. The molecule has 192 valence electrons. The zero-order valence-electron chi connectivity index (χ0n) is 23.3. The van der Waals surface area contributed by atoms with Crippen LogP contribution in [0.5, 0.6) is 0 Å². The SMILES string of the molecule is CCCCCCC(C)(CCCCCC)C(CCCCCC)(CCCCCC)C(C)=C(N)N. The van der Waals surface area contributed by atoms with Gasteiger partial charge in [0.1, 0.15) is 0 Å². The van der Waals surface area contributed by atoms with E-state index in [0.29, 0.717) is 11.2 Å². The van der Waals surface area contributed by atoms with E-state index in [2.05, 4.69) is 41.5 Å². The summed E-state index contributed by atoms with van der Waals surface area (Å²) in [5.41, 5.74) is 14.5. The molecule has 0 aromatic rings. The maximum Gasteiger partial charge on any atom is 0.0928 e. The topological polar surface area (TPSA) is 52.0 Å². The second kappa shape index (κ2) is 18.7. The molecule has 0 spiro atoms. The third-order valence-electron chi connectivity index (χ3n) is 8.38. The summed E-state index contributed by atoms with van der Waals surface area (Å²) >= 11 is 0. The smallest absolute Gasteiger partial charge is 0.0928 e. The van der Waals surface area contributed by atoms with Gasteiger partial charge in [0.2, 0.25) is 0 Å². The van der Waals surface area contributed by atoms with E-state index in [1.54, 1.807) is 0 Å². The molecule has 4 N–H and O–H groups in total. The van der Waals surface area contributed by atoms with E-state index in [0.717, 1.165) is 0 Å². The first-order valence-corrected chi connectivity index (χ1v) is 14.6. The predicted octanol–water partition coefficient (Wildman–Crippen LogP) is 10.0. The lowest BCUT2D eigenvalue weighted by atomic mass is 9.53. The summed E-state index contributed by atoms with van der Waals surface area (Å²) in [4.78, 5) is 0. The minimum atomic E-state index is 0.158. The molecular formula is C30H62N2. The van der Waals surface area contributed by atoms with Crippen molar-refractivity contribution in [3.8, 4) is 0 Å². The Morgan fingerprint density at radius 1 is 0.500 bits per heavy atom. The molecule has 0 saturated carbocycles. The lowest BCUT2D eigenvalue weighted by molar-refractivity contribution is 0.0363. The lowest BCUT2D eigenvalue weighted by Crippen LogP contribution is -2.43. The molecule has 0 unspecified atom stereocenters. The Labute approximate surface area is 203 Å². The number of rotatable bonds is 22. The summed E-state index contributed by atoms with van der Waals surface area (Å²) in [5.74, 6) is 0.601. The molecule has 32 heavy (non-hydrogen) atoms. The Kier molecular flexibility index (Phi) is 18.3. The third kappa shape index (κ3) is 11.0. The van der Waals surface area contributed by atoms with Gasteiger partial charge in [0.15, 0.2) is 0 Å². The van der Waals surface area contributed by atoms with Gasteiger partial charge in [0.25, 0.3) is 0 Å². The molecule has 0 saturated heterocycles. The molecule has 0 heterocycles. The van der Waals surface area contributed by atoms with E-state index >= 15 is 0 Å². The van der Waals surface area contributed by atoms with Crippen LogP contribution < -0.4 is 11.5 Å². The summed E-state index contributed by atoms with van der Waals surface area (Å²) < 4.78 is 0. The molecule has 2 heteroatoms. The fraction of sp³-hybridized carbons (Fsp3) is 0.933. The van der Waals surface area contributed by atoms with E-state index in [1.807, 2.05) is 0 Å². The van der Waals surface area contributed by atoms with Crippen LogP contribution >= 0.6 is 0 Å². The second-order valence-electron chi connectivity index (χ2n) is 11.0. The van der Waals surface area contributed by atoms with Gasteiger partial charge in [-0.2, -0.15) is 0 Å². The second-order valence-corrected chi connectivity index (χ2v) is 11.0. The molecule has 0 atom stereocenters. The Bertz CT molecular complexity index is 437. The van der Waals surface area contributed by atoms with Crippen LogP contribution in [-0.2, 0) is 0 Å². The van der Waals surface area contributed by atoms with Crippen molar-refractivity contribution in [1.29, 1.82) is 0 Å². The van der Waals surface area contributed by atoms with Crippen LogP contribution in [0.25, 0.3) is 0 Å². The van der Waals surface area contributed by atoms with E-state index in [4.69, 9.17) is 11.5 Å². The predicted molar refractivity (Wildman–Crippen MR) is 147 cm³/mol. The van der Waals surface area contributed by atoms with Gasteiger partial charge in [0, 0.05) is 5.41 Å². The average Bonchev–Trinajstić information content (AvgIpc) is 2.78. The van der Waals surface area contributed by atoms with Gasteiger partial charge in [-0.25, -0.2) is 0 Å². The number of hydrogen-bond acceptors (Lipinski definition) is 2. The number of unbranched alkanes of at least 4 members (excludes halogenated alkanes) is 12. The van der Waals surface area contributed by atoms with Crippen molar-refractivity contribution in [2.24, 2.45) is 22.3 Å². The van der Waals surface area contributed by atoms with Gasteiger partial charge in [-0.3, -0.25) is 0 Å². The summed E-state index contributed by atoms with van der Waals surface area (Å²) in [6, 6.07) is 0.